The SMILES string of the molecule is COc1ccc(C)cc1C/C(C)=C/C(=O)O. The van der Waals surface area contributed by atoms with Gasteiger partial charge in [0.25, 0.3) is 0 Å². The maximum Gasteiger partial charge on any atom is 0.328 e. The molecule has 86 valence electrons. The van der Waals surface area contributed by atoms with E-state index in [4.69, 9.17) is 9.84 Å². The van der Waals surface area contributed by atoms with Crippen LogP contribution in [0.1, 0.15) is 18.1 Å². The van der Waals surface area contributed by atoms with Crippen LogP contribution in [0.15, 0.2) is 29.8 Å². The van der Waals surface area contributed by atoms with E-state index >= 15 is 0 Å². The Kier molecular flexibility index (Phi) is 4.11. The number of benzene rings is 1. The number of carbonyl (C=O) groups is 1. The molecule has 0 heterocycles. The van der Waals surface area contributed by atoms with Gasteiger partial charge in [0, 0.05) is 6.08 Å². The van der Waals surface area contributed by atoms with Crippen molar-refractivity contribution < 1.29 is 14.6 Å². The topological polar surface area (TPSA) is 46.5 Å². The molecule has 1 aromatic carbocycles. The molecule has 0 aliphatic carbocycles. The predicted octanol–water partition coefficient (Wildman–Crippen LogP) is 2.58. The predicted molar refractivity (Wildman–Crippen MR) is 62.8 cm³/mol. The molecule has 0 atom stereocenters. The molecule has 0 bridgehead atoms. The van der Waals surface area contributed by atoms with Crippen LogP contribution >= 0.6 is 0 Å². The average molecular weight is 220 g/mol. The van der Waals surface area contributed by atoms with Gasteiger partial charge in [-0.15, -0.1) is 0 Å². The van der Waals surface area contributed by atoms with Crippen molar-refractivity contribution in [2.75, 3.05) is 7.11 Å². The van der Waals surface area contributed by atoms with Gasteiger partial charge in [-0.25, -0.2) is 4.79 Å². The van der Waals surface area contributed by atoms with Crippen LogP contribution in [0.5, 0.6) is 5.75 Å². The van der Waals surface area contributed by atoms with E-state index in [1.807, 2.05) is 25.1 Å². The summed E-state index contributed by atoms with van der Waals surface area (Å²) in [5.74, 6) is -0.118. The van der Waals surface area contributed by atoms with Crippen molar-refractivity contribution >= 4 is 5.97 Å². The van der Waals surface area contributed by atoms with Crippen molar-refractivity contribution in [3.8, 4) is 5.75 Å². The number of methoxy groups -OCH3 is 1. The summed E-state index contributed by atoms with van der Waals surface area (Å²) < 4.78 is 5.23. The molecule has 3 nitrogen and oxygen atoms in total. The lowest BCUT2D eigenvalue weighted by Gasteiger charge is -2.09. The molecule has 16 heavy (non-hydrogen) atoms. The second-order valence-electron chi connectivity index (χ2n) is 3.82. The standard InChI is InChI=1S/C13H16O3/c1-9-4-5-12(16-3)11(6-9)7-10(2)8-13(14)15/h4-6,8H,7H2,1-3H3,(H,14,15)/b10-8+. The first-order valence-electron chi connectivity index (χ1n) is 5.06. The molecule has 0 aliphatic heterocycles. The molecular formula is C13H16O3. The van der Waals surface area contributed by atoms with Crippen LogP contribution in [0.4, 0.5) is 0 Å². The van der Waals surface area contributed by atoms with E-state index < -0.39 is 5.97 Å². The molecule has 1 rings (SSSR count). The molecule has 0 saturated carbocycles. The van der Waals surface area contributed by atoms with Gasteiger partial charge in [-0.1, -0.05) is 23.3 Å². The van der Waals surface area contributed by atoms with E-state index in [0.29, 0.717) is 6.42 Å². The molecule has 0 fully saturated rings. The van der Waals surface area contributed by atoms with Crippen molar-refractivity contribution in [2.45, 2.75) is 20.3 Å². The lowest BCUT2D eigenvalue weighted by molar-refractivity contribution is -0.131. The summed E-state index contributed by atoms with van der Waals surface area (Å²) in [5, 5.41) is 8.64. The fraction of sp³-hybridized carbons (Fsp3) is 0.308. The molecule has 0 aromatic heterocycles. The van der Waals surface area contributed by atoms with Crippen LogP contribution in [-0.4, -0.2) is 18.2 Å². The van der Waals surface area contributed by atoms with Crippen LogP contribution in [0, 0.1) is 6.92 Å². The second kappa shape index (κ2) is 5.35. The minimum absolute atomic E-state index is 0.594. The minimum Gasteiger partial charge on any atom is -0.496 e. The Balaban J connectivity index is 2.95. The molecular weight excluding hydrogens is 204 g/mol. The Morgan fingerprint density at radius 3 is 2.75 bits per heavy atom. The van der Waals surface area contributed by atoms with Crippen molar-refractivity contribution in [3.63, 3.8) is 0 Å². The van der Waals surface area contributed by atoms with Gasteiger partial charge in [0.1, 0.15) is 5.75 Å². The number of aliphatic carboxylic acids is 1. The summed E-state index contributed by atoms with van der Waals surface area (Å²) in [6, 6.07) is 5.88. The van der Waals surface area contributed by atoms with Gasteiger partial charge in [-0.05, 0) is 31.9 Å². The smallest absolute Gasteiger partial charge is 0.328 e. The fourth-order valence-electron chi connectivity index (χ4n) is 1.61. The number of carboxylic acids is 1. The van der Waals surface area contributed by atoms with E-state index in [2.05, 4.69) is 0 Å². The number of hydrogen-bond donors (Lipinski definition) is 1. The molecule has 0 saturated heterocycles. The first-order valence-corrected chi connectivity index (χ1v) is 5.06. The van der Waals surface area contributed by atoms with Crippen LogP contribution in [0.2, 0.25) is 0 Å². The molecule has 0 spiro atoms. The number of aryl methyl sites for hydroxylation is 1. The molecule has 3 heteroatoms. The maximum absolute atomic E-state index is 10.5. The van der Waals surface area contributed by atoms with Crippen molar-refractivity contribution in [3.05, 3.63) is 41.0 Å². The average Bonchev–Trinajstić information content (AvgIpc) is 2.16. The number of carboxylic acid groups (broad SMARTS) is 1. The number of allylic oxidation sites excluding steroid dienone is 1. The minimum atomic E-state index is -0.913. The summed E-state index contributed by atoms with van der Waals surface area (Å²) in [5.41, 5.74) is 2.95. The molecule has 0 radical (unpaired) electrons. The van der Waals surface area contributed by atoms with Crippen LogP contribution in [0.25, 0.3) is 0 Å². The molecule has 1 aromatic rings. The molecule has 0 amide bonds. The van der Waals surface area contributed by atoms with Gasteiger partial charge in [-0.3, -0.25) is 0 Å². The lowest BCUT2D eigenvalue weighted by atomic mass is 10.0. The number of rotatable bonds is 4. The van der Waals surface area contributed by atoms with Crippen molar-refractivity contribution in [1.82, 2.24) is 0 Å². The van der Waals surface area contributed by atoms with Crippen molar-refractivity contribution in [1.29, 1.82) is 0 Å². The first-order chi connectivity index (χ1) is 7.52. The second-order valence-corrected chi connectivity index (χ2v) is 3.82. The van der Waals surface area contributed by atoms with Gasteiger partial charge in [0.2, 0.25) is 0 Å². The highest BCUT2D eigenvalue weighted by atomic mass is 16.5. The molecule has 0 unspecified atom stereocenters. The third-order valence-electron chi connectivity index (χ3n) is 2.28. The van der Waals surface area contributed by atoms with E-state index in [0.717, 1.165) is 22.4 Å². The Morgan fingerprint density at radius 1 is 1.50 bits per heavy atom. The molecule has 1 N–H and O–H groups in total. The Labute approximate surface area is 95.4 Å². The summed E-state index contributed by atoms with van der Waals surface area (Å²) in [6.45, 7) is 3.80. The number of ether oxygens (including phenoxy) is 1. The first kappa shape index (κ1) is 12.3. The van der Waals surface area contributed by atoms with Crippen LogP contribution < -0.4 is 4.74 Å². The summed E-state index contributed by atoms with van der Waals surface area (Å²) >= 11 is 0. The zero-order valence-corrected chi connectivity index (χ0v) is 9.78. The van der Waals surface area contributed by atoms with E-state index in [-0.39, 0.29) is 0 Å². The highest BCUT2D eigenvalue weighted by molar-refractivity contribution is 5.80. The summed E-state index contributed by atoms with van der Waals surface area (Å²) in [7, 11) is 1.62. The van der Waals surface area contributed by atoms with Gasteiger partial charge in [-0.2, -0.15) is 0 Å². The highest BCUT2D eigenvalue weighted by Gasteiger charge is 2.04. The van der Waals surface area contributed by atoms with Crippen LogP contribution in [-0.2, 0) is 11.2 Å². The zero-order valence-electron chi connectivity index (χ0n) is 9.78. The van der Waals surface area contributed by atoms with Gasteiger partial charge < -0.3 is 9.84 Å². The largest absolute Gasteiger partial charge is 0.496 e. The molecule has 0 aliphatic rings. The number of hydrogen-bond acceptors (Lipinski definition) is 2. The quantitative estimate of drug-likeness (QED) is 0.793. The monoisotopic (exact) mass is 220 g/mol. The summed E-state index contributed by atoms with van der Waals surface area (Å²) in [4.78, 5) is 10.5. The zero-order chi connectivity index (χ0) is 12.1. The van der Waals surface area contributed by atoms with E-state index in [1.165, 1.54) is 6.08 Å². The van der Waals surface area contributed by atoms with Gasteiger partial charge >= 0.3 is 5.97 Å². The maximum atomic E-state index is 10.5. The van der Waals surface area contributed by atoms with E-state index in [9.17, 15) is 4.79 Å². The normalized spacial score (nSPS) is 11.3. The van der Waals surface area contributed by atoms with Crippen molar-refractivity contribution in [2.24, 2.45) is 0 Å². The fourth-order valence-corrected chi connectivity index (χ4v) is 1.61. The third kappa shape index (κ3) is 3.42. The van der Waals surface area contributed by atoms with Crippen LogP contribution in [0.3, 0.4) is 0 Å². The Hall–Kier alpha value is -1.77. The van der Waals surface area contributed by atoms with Gasteiger partial charge in [0.15, 0.2) is 0 Å². The summed E-state index contributed by atoms with van der Waals surface area (Å²) in [6.07, 6.45) is 1.82. The third-order valence-corrected chi connectivity index (χ3v) is 2.28. The van der Waals surface area contributed by atoms with E-state index in [1.54, 1.807) is 14.0 Å². The van der Waals surface area contributed by atoms with Gasteiger partial charge in [0.05, 0.1) is 7.11 Å². The highest BCUT2D eigenvalue weighted by Crippen LogP contribution is 2.22. The Morgan fingerprint density at radius 2 is 2.19 bits per heavy atom. The lowest BCUT2D eigenvalue weighted by Crippen LogP contribution is -1.96. The Bertz CT molecular complexity index is 419.